The topological polar surface area (TPSA) is 17.1 Å². The number of hydrogen-bond acceptors (Lipinski definition) is 1. The molecular weight excluding hydrogens is 232 g/mol. The third kappa shape index (κ3) is 1.69. The SMILES string of the molecule is O=C1C=C(c2ccc(Cl)cc2)c2ccccc21. The zero-order valence-electron chi connectivity index (χ0n) is 8.98. The van der Waals surface area contributed by atoms with E-state index < -0.39 is 0 Å². The van der Waals surface area contributed by atoms with E-state index in [4.69, 9.17) is 11.6 Å². The number of hydrogen-bond donors (Lipinski definition) is 0. The maximum atomic E-state index is 11.8. The molecule has 17 heavy (non-hydrogen) atoms. The normalized spacial score (nSPS) is 13.5. The predicted molar refractivity (Wildman–Crippen MR) is 69.3 cm³/mol. The smallest absolute Gasteiger partial charge is 0.187 e. The highest BCUT2D eigenvalue weighted by atomic mass is 35.5. The minimum absolute atomic E-state index is 0.0746. The van der Waals surface area contributed by atoms with Gasteiger partial charge in [-0.05, 0) is 34.9 Å². The fraction of sp³-hybridized carbons (Fsp3) is 0. The average Bonchev–Trinajstić information content (AvgIpc) is 2.69. The Bertz CT molecular complexity index is 624. The molecule has 0 aliphatic heterocycles. The molecule has 0 saturated carbocycles. The number of allylic oxidation sites excluding steroid dienone is 1. The van der Waals surface area contributed by atoms with Gasteiger partial charge in [-0.3, -0.25) is 4.79 Å². The molecule has 2 aromatic rings. The van der Waals surface area contributed by atoms with Crippen molar-refractivity contribution in [3.8, 4) is 0 Å². The van der Waals surface area contributed by atoms with Crippen LogP contribution in [-0.2, 0) is 0 Å². The monoisotopic (exact) mass is 240 g/mol. The molecule has 2 aromatic carbocycles. The molecule has 0 fully saturated rings. The van der Waals surface area contributed by atoms with Crippen molar-refractivity contribution in [2.24, 2.45) is 0 Å². The quantitative estimate of drug-likeness (QED) is 0.737. The summed E-state index contributed by atoms with van der Waals surface area (Å²) in [6.07, 6.45) is 1.69. The highest BCUT2D eigenvalue weighted by Crippen LogP contribution is 2.32. The van der Waals surface area contributed by atoms with E-state index in [2.05, 4.69) is 0 Å². The van der Waals surface area contributed by atoms with Gasteiger partial charge in [-0.15, -0.1) is 0 Å². The summed E-state index contributed by atoms with van der Waals surface area (Å²) < 4.78 is 0. The fourth-order valence-corrected chi connectivity index (χ4v) is 2.21. The third-order valence-electron chi connectivity index (χ3n) is 2.91. The van der Waals surface area contributed by atoms with Gasteiger partial charge in [0, 0.05) is 10.6 Å². The lowest BCUT2D eigenvalue weighted by atomic mass is 9.99. The Labute approximate surface area is 104 Å². The summed E-state index contributed by atoms with van der Waals surface area (Å²) in [6.45, 7) is 0. The lowest BCUT2D eigenvalue weighted by Gasteiger charge is -2.04. The number of fused-ring (bicyclic) bond motifs is 1. The first-order valence-electron chi connectivity index (χ1n) is 5.37. The molecule has 1 nitrogen and oxygen atoms in total. The molecule has 0 saturated heterocycles. The number of carbonyl (C=O) groups is 1. The largest absolute Gasteiger partial charge is 0.289 e. The molecule has 0 atom stereocenters. The van der Waals surface area contributed by atoms with Gasteiger partial charge in [0.15, 0.2) is 5.78 Å². The van der Waals surface area contributed by atoms with Crippen LogP contribution >= 0.6 is 11.6 Å². The van der Waals surface area contributed by atoms with E-state index >= 15 is 0 Å². The Hall–Kier alpha value is -1.86. The van der Waals surface area contributed by atoms with Gasteiger partial charge in [0.05, 0.1) is 0 Å². The van der Waals surface area contributed by atoms with Crippen LogP contribution in [0.25, 0.3) is 5.57 Å². The second kappa shape index (κ2) is 3.86. The summed E-state index contributed by atoms with van der Waals surface area (Å²) in [5.74, 6) is 0.0746. The van der Waals surface area contributed by atoms with Crippen LogP contribution in [0.15, 0.2) is 54.6 Å². The zero-order valence-corrected chi connectivity index (χ0v) is 9.74. The van der Waals surface area contributed by atoms with Gasteiger partial charge in [0.25, 0.3) is 0 Å². The first-order valence-corrected chi connectivity index (χ1v) is 5.75. The molecule has 0 N–H and O–H groups in total. The maximum Gasteiger partial charge on any atom is 0.187 e. The second-order valence-corrected chi connectivity index (χ2v) is 4.41. The number of benzene rings is 2. The molecule has 0 radical (unpaired) electrons. The van der Waals surface area contributed by atoms with Crippen LogP contribution in [0, 0.1) is 0 Å². The standard InChI is InChI=1S/C15H9ClO/c16-11-7-5-10(6-8-11)14-9-15(17)13-4-2-1-3-12(13)14/h1-9H. The lowest BCUT2D eigenvalue weighted by Crippen LogP contribution is -1.90. The Balaban J connectivity index is 2.15. The van der Waals surface area contributed by atoms with Crippen molar-refractivity contribution in [1.29, 1.82) is 0 Å². The molecule has 0 aromatic heterocycles. The average molecular weight is 241 g/mol. The summed E-state index contributed by atoms with van der Waals surface area (Å²) in [5, 5.41) is 0.701. The van der Waals surface area contributed by atoms with Crippen molar-refractivity contribution >= 4 is 23.0 Å². The van der Waals surface area contributed by atoms with Crippen molar-refractivity contribution in [1.82, 2.24) is 0 Å². The van der Waals surface area contributed by atoms with Gasteiger partial charge in [-0.25, -0.2) is 0 Å². The van der Waals surface area contributed by atoms with Crippen LogP contribution in [-0.4, -0.2) is 5.78 Å². The summed E-state index contributed by atoms with van der Waals surface area (Å²) in [5.41, 5.74) is 3.77. The predicted octanol–water partition coefficient (Wildman–Crippen LogP) is 3.97. The van der Waals surface area contributed by atoms with Gasteiger partial charge >= 0.3 is 0 Å². The molecule has 82 valence electrons. The molecule has 0 amide bonds. The molecule has 1 aliphatic rings. The minimum atomic E-state index is 0.0746. The van der Waals surface area contributed by atoms with Gasteiger partial charge in [0.1, 0.15) is 0 Å². The summed E-state index contributed by atoms with van der Waals surface area (Å²) in [7, 11) is 0. The highest BCUT2D eigenvalue weighted by molar-refractivity contribution is 6.30. The molecular formula is C15H9ClO. The Morgan fingerprint density at radius 1 is 0.824 bits per heavy atom. The molecule has 0 bridgehead atoms. The molecule has 3 rings (SSSR count). The first-order chi connectivity index (χ1) is 8.25. The summed E-state index contributed by atoms with van der Waals surface area (Å²) in [4.78, 5) is 11.8. The fourth-order valence-electron chi connectivity index (χ4n) is 2.09. The highest BCUT2D eigenvalue weighted by Gasteiger charge is 2.21. The molecule has 2 heteroatoms. The van der Waals surface area contributed by atoms with Gasteiger partial charge in [-0.2, -0.15) is 0 Å². The van der Waals surface area contributed by atoms with Crippen molar-refractivity contribution in [3.05, 3.63) is 76.3 Å². The number of carbonyl (C=O) groups excluding carboxylic acids is 1. The number of rotatable bonds is 1. The Morgan fingerprint density at radius 2 is 1.47 bits per heavy atom. The number of ketones is 1. The van der Waals surface area contributed by atoms with Crippen LogP contribution in [0.3, 0.4) is 0 Å². The van der Waals surface area contributed by atoms with Crippen molar-refractivity contribution < 1.29 is 4.79 Å². The number of halogens is 1. The lowest BCUT2D eigenvalue weighted by molar-refractivity contribution is 0.105. The molecule has 0 spiro atoms. The van der Waals surface area contributed by atoms with E-state index in [1.807, 2.05) is 48.5 Å². The Morgan fingerprint density at radius 3 is 2.18 bits per heavy atom. The van der Waals surface area contributed by atoms with Gasteiger partial charge < -0.3 is 0 Å². The van der Waals surface area contributed by atoms with E-state index in [9.17, 15) is 4.79 Å². The van der Waals surface area contributed by atoms with Crippen molar-refractivity contribution in [2.45, 2.75) is 0 Å². The summed E-state index contributed by atoms with van der Waals surface area (Å²) in [6, 6.07) is 15.2. The van der Waals surface area contributed by atoms with E-state index in [-0.39, 0.29) is 5.78 Å². The molecule has 0 unspecified atom stereocenters. The van der Waals surface area contributed by atoms with Crippen LogP contribution in [0.2, 0.25) is 5.02 Å². The molecule has 1 aliphatic carbocycles. The van der Waals surface area contributed by atoms with Crippen LogP contribution in [0.5, 0.6) is 0 Å². The van der Waals surface area contributed by atoms with Crippen molar-refractivity contribution in [2.75, 3.05) is 0 Å². The summed E-state index contributed by atoms with van der Waals surface area (Å²) >= 11 is 5.86. The van der Waals surface area contributed by atoms with Crippen LogP contribution in [0.4, 0.5) is 0 Å². The van der Waals surface area contributed by atoms with Crippen LogP contribution < -0.4 is 0 Å². The first kappa shape index (κ1) is 10.3. The van der Waals surface area contributed by atoms with E-state index in [1.54, 1.807) is 6.08 Å². The van der Waals surface area contributed by atoms with Gasteiger partial charge in [-0.1, -0.05) is 48.0 Å². The van der Waals surface area contributed by atoms with E-state index in [0.29, 0.717) is 5.02 Å². The van der Waals surface area contributed by atoms with E-state index in [0.717, 1.165) is 22.3 Å². The van der Waals surface area contributed by atoms with Crippen LogP contribution in [0.1, 0.15) is 21.5 Å². The Kier molecular flexibility index (Phi) is 2.34. The minimum Gasteiger partial charge on any atom is -0.289 e. The zero-order chi connectivity index (χ0) is 11.8. The second-order valence-electron chi connectivity index (χ2n) is 3.97. The van der Waals surface area contributed by atoms with E-state index in [1.165, 1.54) is 0 Å². The van der Waals surface area contributed by atoms with Gasteiger partial charge in [0.2, 0.25) is 0 Å². The molecule has 0 heterocycles. The third-order valence-corrected chi connectivity index (χ3v) is 3.17. The van der Waals surface area contributed by atoms with Crippen molar-refractivity contribution in [3.63, 3.8) is 0 Å². The maximum absolute atomic E-state index is 11.8.